The molecule has 1 aliphatic heterocycles. The number of morpholine rings is 1. The van der Waals surface area contributed by atoms with Crippen LogP contribution < -0.4 is 4.72 Å². The molecule has 0 radical (unpaired) electrons. The SMILES string of the molecule is COCc1ccc(-c2cc3ccc(S(=O)(=O)NC4CCC(C(=O)N5CCOCC5C5CC5)CC4)cc3[nH]2)cc1. The molecule has 3 fully saturated rings. The van der Waals surface area contributed by atoms with E-state index in [2.05, 4.69) is 14.6 Å². The van der Waals surface area contributed by atoms with Gasteiger partial charge < -0.3 is 19.4 Å². The highest BCUT2D eigenvalue weighted by Gasteiger charge is 2.41. The molecule has 208 valence electrons. The van der Waals surface area contributed by atoms with E-state index in [1.165, 1.54) is 12.8 Å². The monoisotopic (exact) mass is 551 g/mol. The molecule has 6 rings (SSSR count). The first-order valence-corrected chi connectivity index (χ1v) is 15.5. The number of carbonyl (C=O) groups excluding carboxylic acids is 1. The Hall–Kier alpha value is -2.72. The summed E-state index contributed by atoms with van der Waals surface area (Å²) in [6.45, 7) is 2.50. The van der Waals surface area contributed by atoms with E-state index >= 15 is 0 Å². The molecule has 0 spiro atoms. The molecule has 2 saturated carbocycles. The van der Waals surface area contributed by atoms with Gasteiger partial charge in [0.25, 0.3) is 0 Å². The van der Waals surface area contributed by atoms with Crippen LogP contribution in [0.1, 0.15) is 44.1 Å². The molecule has 3 aliphatic rings. The molecule has 2 aliphatic carbocycles. The second kappa shape index (κ2) is 11.0. The van der Waals surface area contributed by atoms with Crippen LogP contribution in [0.5, 0.6) is 0 Å². The van der Waals surface area contributed by atoms with Crippen molar-refractivity contribution in [1.29, 1.82) is 0 Å². The summed E-state index contributed by atoms with van der Waals surface area (Å²) in [6.07, 6.45) is 5.13. The maximum atomic E-state index is 13.3. The van der Waals surface area contributed by atoms with Gasteiger partial charge in [-0.3, -0.25) is 4.79 Å². The molecule has 1 atom stereocenters. The Balaban J connectivity index is 1.09. The molecule has 1 unspecified atom stereocenters. The lowest BCUT2D eigenvalue weighted by molar-refractivity contribution is -0.146. The highest BCUT2D eigenvalue weighted by molar-refractivity contribution is 7.89. The lowest BCUT2D eigenvalue weighted by Gasteiger charge is -2.39. The molecule has 0 bridgehead atoms. The van der Waals surface area contributed by atoms with Gasteiger partial charge in [0.2, 0.25) is 15.9 Å². The van der Waals surface area contributed by atoms with Crippen molar-refractivity contribution in [2.45, 2.75) is 62.1 Å². The average molecular weight is 552 g/mol. The van der Waals surface area contributed by atoms with Crippen molar-refractivity contribution in [3.8, 4) is 11.3 Å². The van der Waals surface area contributed by atoms with Crippen LogP contribution in [0.2, 0.25) is 0 Å². The molecule has 39 heavy (non-hydrogen) atoms. The van der Waals surface area contributed by atoms with Gasteiger partial charge >= 0.3 is 0 Å². The Labute approximate surface area is 230 Å². The molecule has 2 aromatic carbocycles. The molecule has 1 saturated heterocycles. The maximum absolute atomic E-state index is 13.3. The van der Waals surface area contributed by atoms with E-state index in [0.29, 0.717) is 58.0 Å². The lowest BCUT2D eigenvalue weighted by atomic mass is 9.85. The Morgan fingerprint density at radius 1 is 1.05 bits per heavy atom. The molecule has 1 amide bonds. The van der Waals surface area contributed by atoms with Gasteiger partial charge in [0.15, 0.2) is 0 Å². The largest absolute Gasteiger partial charge is 0.380 e. The highest BCUT2D eigenvalue weighted by atomic mass is 32.2. The highest BCUT2D eigenvalue weighted by Crippen LogP contribution is 2.38. The van der Waals surface area contributed by atoms with Crippen molar-refractivity contribution >= 4 is 26.8 Å². The lowest BCUT2D eigenvalue weighted by Crippen LogP contribution is -2.52. The fourth-order valence-electron chi connectivity index (χ4n) is 6.12. The zero-order valence-corrected chi connectivity index (χ0v) is 23.2. The maximum Gasteiger partial charge on any atom is 0.240 e. The predicted octanol–water partition coefficient (Wildman–Crippen LogP) is 4.46. The minimum Gasteiger partial charge on any atom is -0.380 e. The minimum atomic E-state index is -3.68. The number of aromatic amines is 1. The predicted molar refractivity (Wildman–Crippen MR) is 150 cm³/mol. The number of nitrogens with one attached hydrogen (secondary N) is 2. The molecular weight excluding hydrogens is 514 g/mol. The molecule has 9 heteroatoms. The fourth-order valence-corrected chi connectivity index (χ4v) is 7.45. The van der Waals surface area contributed by atoms with Crippen molar-refractivity contribution in [3.05, 3.63) is 54.1 Å². The van der Waals surface area contributed by atoms with Gasteiger partial charge in [0.05, 0.1) is 30.8 Å². The number of rotatable bonds is 8. The van der Waals surface area contributed by atoms with E-state index in [9.17, 15) is 13.2 Å². The summed E-state index contributed by atoms with van der Waals surface area (Å²) in [5.74, 6) is 0.798. The van der Waals surface area contributed by atoms with Gasteiger partial charge in [-0.2, -0.15) is 0 Å². The summed E-state index contributed by atoms with van der Waals surface area (Å²) in [6, 6.07) is 15.4. The number of H-pyrrole nitrogens is 1. The first-order valence-electron chi connectivity index (χ1n) is 14.0. The van der Waals surface area contributed by atoms with E-state index in [4.69, 9.17) is 9.47 Å². The van der Waals surface area contributed by atoms with Crippen LogP contribution in [0.3, 0.4) is 0 Å². The summed E-state index contributed by atoms with van der Waals surface area (Å²) in [5.41, 5.74) is 3.83. The second-order valence-corrected chi connectivity index (χ2v) is 13.0. The van der Waals surface area contributed by atoms with Gasteiger partial charge in [0, 0.05) is 42.2 Å². The molecule has 2 N–H and O–H groups in total. The number of sulfonamides is 1. The van der Waals surface area contributed by atoms with Gasteiger partial charge in [-0.15, -0.1) is 0 Å². The zero-order valence-electron chi connectivity index (χ0n) is 22.4. The summed E-state index contributed by atoms with van der Waals surface area (Å²) in [7, 11) is -2.01. The van der Waals surface area contributed by atoms with E-state index < -0.39 is 10.0 Å². The minimum absolute atomic E-state index is 0.0256. The standard InChI is InChI=1S/C30H37N3O5S/c1-37-18-20-2-4-21(5-3-20)27-16-24-10-13-26(17-28(24)31-27)39(35,36)32-25-11-8-23(9-12-25)30(34)33-14-15-38-19-29(33)22-6-7-22/h2-5,10,13,16-17,22-23,25,29,31-32H,6-9,11-12,14-15,18-19H2,1H3. The number of aromatic nitrogens is 1. The van der Waals surface area contributed by atoms with Gasteiger partial charge in [-0.1, -0.05) is 30.3 Å². The van der Waals surface area contributed by atoms with Gasteiger partial charge in [-0.05, 0) is 73.8 Å². The van der Waals surface area contributed by atoms with E-state index in [0.717, 1.165) is 27.7 Å². The Morgan fingerprint density at radius 3 is 2.54 bits per heavy atom. The first kappa shape index (κ1) is 26.5. The third kappa shape index (κ3) is 5.77. The van der Waals surface area contributed by atoms with Crippen molar-refractivity contribution in [3.63, 3.8) is 0 Å². The summed E-state index contributed by atoms with van der Waals surface area (Å²) in [4.78, 5) is 19.0. The number of methoxy groups -OCH3 is 1. The van der Waals surface area contributed by atoms with Crippen molar-refractivity contribution < 1.29 is 22.7 Å². The topological polar surface area (TPSA) is 101 Å². The Bertz CT molecular complexity index is 1420. The van der Waals surface area contributed by atoms with Crippen LogP contribution >= 0.6 is 0 Å². The third-order valence-electron chi connectivity index (χ3n) is 8.49. The molecule has 3 aromatic rings. The van der Waals surface area contributed by atoms with Crippen molar-refractivity contribution in [2.75, 3.05) is 26.9 Å². The van der Waals surface area contributed by atoms with E-state index in [-0.39, 0.29) is 28.8 Å². The number of fused-ring (bicyclic) bond motifs is 1. The second-order valence-electron chi connectivity index (χ2n) is 11.2. The van der Waals surface area contributed by atoms with Crippen molar-refractivity contribution in [1.82, 2.24) is 14.6 Å². The number of amides is 1. The van der Waals surface area contributed by atoms with Crippen LogP contribution in [0.4, 0.5) is 0 Å². The van der Waals surface area contributed by atoms with Crippen molar-refractivity contribution in [2.24, 2.45) is 11.8 Å². The Morgan fingerprint density at radius 2 is 1.82 bits per heavy atom. The number of nitrogens with zero attached hydrogens (tertiary/aromatic N) is 1. The van der Waals surface area contributed by atoms with E-state index in [1.54, 1.807) is 19.2 Å². The van der Waals surface area contributed by atoms with Crippen LogP contribution in [0, 0.1) is 11.8 Å². The Kier molecular flexibility index (Phi) is 7.50. The van der Waals surface area contributed by atoms with E-state index in [1.807, 2.05) is 36.4 Å². The average Bonchev–Trinajstić information content (AvgIpc) is 3.71. The normalized spacial score (nSPS) is 24.2. The third-order valence-corrected chi connectivity index (χ3v) is 10.0. The molecule has 8 nitrogen and oxygen atoms in total. The van der Waals surface area contributed by atoms with Crippen LogP contribution in [-0.2, 0) is 30.9 Å². The van der Waals surface area contributed by atoms with Gasteiger partial charge in [0.1, 0.15) is 0 Å². The molecular formula is C30H37N3O5S. The van der Waals surface area contributed by atoms with Crippen LogP contribution in [0.15, 0.2) is 53.4 Å². The molecule has 1 aromatic heterocycles. The number of benzene rings is 2. The number of hydrogen-bond donors (Lipinski definition) is 2. The summed E-state index contributed by atoms with van der Waals surface area (Å²) in [5, 5.41) is 0.955. The number of hydrogen-bond acceptors (Lipinski definition) is 5. The van der Waals surface area contributed by atoms with Crippen LogP contribution in [-0.4, -0.2) is 63.2 Å². The number of ether oxygens (including phenoxy) is 2. The zero-order chi connectivity index (χ0) is 27.0. The first-order chi connectivity index (χ1) is 18.9. The smallest absolute Gasteiger partial charge is 0.240 e. The number of carbonyl (C=O) groups is 1. The van der Waals surface area contributed by atoms with Gasteiger partial charge in [-0.25, -0.2) is 13.1 Å². The quantitative estimate of drug-likeness (QED) is 0.431. The fraction of sp³-hybridized carbons (Fsp3) is 0.500. The summed E-state index contributed by atoms with van der Waals surface area (Å²) < 4.78 is 40.3. The molecule has 2 heterocycles. The summed E-state index contributed by atoms with van der Waals surface area (Å²) >= 11 is 0. The van der Waals surface area contributed by atoms with Crippen LogP contribution in [0.25, 0.3) is 22.2 Å².